The predicted molar refractivity (Wildman–Crippen MR) is 131 cm³/mol. The molecule has 0 saturated carbocycles. The first-order valence-corrected chi connectivity index (χ1v) is 10.8. The monoisotopic (exact) mass is 480 g/mol. The van der Waals surface area contributed by atoms with Crippen LogP contribution in [-0.4, -0.2) is 16.0 Å². The van der Waals surface area contributed by atoms with Crippen LogP contribution in [0.3, 0.4) is 0 Å². The third kappa shape index (κ3) is 4.10. The van der Waals surface area contributed by atoms with Crippen LogP contribution in [0.15, 0.2) is 88.5 Å². The number of aromatic nitrogens is 2. The van der Waals surface area contributed by atoms with Gasteiger partial charge in [0.05, 0.1) is 27.6 Å². The van der Waals surface area contributed by atoms with Crippen molar-refractivity contribution in [2.45, 2.75) is 0 Å². The number of benzene rings is 3. The highest BCUT2D eigenvalue weighted by Crippen LogP contribution is 2.34. The molecule has 32 heavy (non-hydrogen) atoms. The van der Waals surface area contributed by atoms with Crippen LogP contribution in [0.4, 0.5) is 5.69 Å². The van der Waals surface area contributed by atoms with Gasteiger partial charge in [-0.05, 0) is 36.4 Å². The first kappa shape index (κ1) is 20.6. The Morgan fingerprint density at radius 1 is 0.906 bits per heavy atom. The number of rotatable bonds is 5. The number of para-hydroxylation sites is 2. The van der Waals surface area contributed by atoms with Gasteiger partial charge in [0.25, 0.3) is 0 Å². The van der Waals surface area contributed by atoms with E-state index < -0.39 is 0 Å². The molecule has 0 aliphatic heterocycles. The van der Waals surface area contributed by atoms with E-state index in [0.717, 1.165) is 22.2 Å². The molecule has 5 nitrogen and oxygen atoms in total. The highest BCUT2D eigenvalue weighted by atomic mass is 35.5. The second kappa shape index (κ2) is 8.71. The summed E-state index contributed by atoms with van der Waals surface area (Å²) >= 11 is 18.5. The predicted octanol–water partition coefficient (Wildman–Crippen LogP) is 7.69. The van der Waals surface area contributed by atoms with Crippen LogP contribution in [0.25, 0.3) is 28.1 Å². The molecule has 5 rings (SSSR count). The summed E-state index contributed by atoms with van der Waals surface area (Å²) in [5, 5.41) is 11.3. The summed E-state index contributed by atoms with van der Waals surface area (Å²) in [6.45, 7) is 0. The van der Waals surface area contributed by atoms with Gasteiger partial charge in [0, 0.05) is 22.2 Å². The summed E-state index contributed by atoms with van der Waals surface area (Å²) in [7, 11) is 0. The van der Waals surface area contributed by atoms with Gasteiger partial charge in [-0.25, -0.2) is 4.68 Å². The van der Waals surface area contributed by atoms with Gasteiger partial charge in [-0.15, -0.1) is 0 Å². The fourth-order valence-corrected chi connectivity index (χ4v) is 4.20. The molecule has 2 heterocycles. The number of halogens is 3. The molecule has 0 unspecified atom stereocenters. The van der Waals surface area contributed by atoms with Crippen molar-refractivity contribution in [2.24, 2.45) is 5.10 Å². The summed E-state index contributed by atoms with van der Waals surface area (Å²) in [4.78, 5) is 0. The molecule has 8 heteroatoms. The number of hydrogen-bond donors (Lipinski definition) is 1. The largest absolute Gasteiger partial charge is 0.454 e. The number of anilines is 1. The molecule has 5 aromatic rings. The fraction of sp³-hybridized carbons (Fsp3) is 0. The number of nitrogens with zero attached hydrogens (tertiary/aromatic N) is 3. The van der Waals surface area contributed by atoms with E-state index in [0.29, 0.717) is 32.2 Å². The van der Waals surface area contributed by atoms with Crippen molar-refractivity contribution in [3.63, 3.8) is 0 Å². The van der Waals surface area contributed by atoms with Crippen molar-refractivity contribution in [3.8, 4) is 17.1 Å². The third-order valence-electron chi connectivity index (χ3n) is 4.81. The molecule has 3 aromatic carbocycles. The minimum Gasteiger partial charge on any atom is -0.454 e. The van der Waals surface area contributed by atoms with Crippen LogP contribution in [0, 0.1) is 0 Å². The molecule has 0 aliphatic rings. The Morgan fingerprint density at radius 3 is 2.38 bits per heavy atom. The maximum absolute atomic E-state index is 6.24. The van der Waals surface area contributed by atoms with E-state index in [2.05, 4.69) is 10.5 Å². The lowest BCUT2D eigenvalue weighted by atomic mass is 10.2. The lowest BCUT2D eigenvalue weighted by molar-refractivity contribution is 0.627. The van der Waals surface area contributed by atoms with E-state index in [1.54, 1.807) is 23.0 Å². The molecule has 158 valence electrons. The molecular formula is C24H15Cl3N4O. The van der Waals surface area contributed by atoms with E-state index in [1.165, 1.54) is 0 Å². The highest BCUT2D eigenvalue weighted by molar-refractivity contribution is 6.41. The Hall–Kier alpha value is -3.25. The number of furan rings is 1. The summed E-state index contributed by atoms with van der Waals surface area (Å²) in [6.07, 6.45) is 3.53. The van der Waals surface area contributed by atoms with Gasteiger partial charge in [-0.1, -0.05) is 71.2 Å². The summed E-state index contributed by atoms with van der Waals surface area (Å²) in [6, 6.07) is 22.8. The van der Waals surface area contributed by atoms with Crippen LogP contribution in [0.2, 0.25) is 15.1 Å². The van der Waals surface area contributed by atoms with Gasteiger partial charge >= 0.3 is 0 Å². The van der Waals surface area contributed by atoms with E-state index in [9.17, 15) is 0 Å². The lowest BCUT2D eigenvalue weighted by Crippen LogP contribution is -1.93. The van der Waals surface area contributed by atoms with E-state index in [1.807, 2.05) is 66.9 Å². The van der Waals surface area contributed by atoms with E-state index >= 15 is 0 Å². The topological polar surface area (TPSA) is 55.4 Å². The van der Waals surface area contributed by atoms with Gasteiger partial charge in [0.15, 0.2) is 5.76 Å². The molecule has 0 atom stereocenters. The zero-order valence-corrected chi connectivity index (χ0v) is 18.7. The first-order valence-electron chi connectivity index (χ1n) is 9.66. The van der Waals surface area contributed by atoms with Crippen molar-refractivity contribution in [3.05, 3.63) is 99.6 Å². The molecular weight excluding hydrogens is 467 g/mol. The van der Waals surface area contributed by atoms with Crippen LogP contribution in [-0.2, 0) is 0 Å². The fourth-order valence-electron chi connectivity index (χ4n) is 3.30. The molecule has 0 radical (unpaired) electrons. The average Bonchev–Trinajstić information content (AvgIpc) is 3.40. The van der Waals surface area contributed by atoms with E-state index in [-0.39, 0.29) is 0 Å². The number of hydrogen-bond acceptors (Lipinski definition) is 4. The second-order valence-corrected chi connectivity index (χ2v) is 8.23. The zero-order chi connectivity index (χ0) is 22.1. The summed E-state index contributed by atoms with van der Waals surface area (Å²) in [5.74, 6) is 0.643. The highest BCUT2D eigenvalue weighted by Gasteiger charge is 2.16. The number of fused-ring (bicyclic) bond motifs is 1. The minimum absolute atomic E-state index is 0.372. The van der Waals surface area contributed by atoms with Gasteiger partial charge in [0.1, 0.15) is 11.3 Å². The number of hydrazone groups is 1. The summed E-state index contributed by atoms with van der Waals surface area (Å²) < 4.78 is 7.83. The van der Waals surface area contributed by atoms with Gasteiger partial charge in [-0.2, -0.15) is 10.2 Å². The summed E-state index contributed by atoms with van der Waals surface area (Å²) in [5.41, 5.74) is 6.47. The molecule has 0 aliphatic carbocycles. The van der Waals surface area contributed by atoms with Gasteiger partial charge in [-0.3, -0.25) is 5.43 Å². The maximum Gasteiger partial charge on any atom is 0.156 e. The molecule has 2 aromatic heterocycles. The van der Waals surface area contributed by atoms with Crippen molar-refractivity contribution < 1.29 is 4.42 Å². The van der Waals surface area contributed by atoms with Crippen molar-refractivity contribution >= 4 is 57.7 Å². The molecule has 0 spiro atoms. The molecule has 0 saturated heterocycles. The first-order chi connectivity index (χ1) is 15.6. The van der Waals surface area contributed by atoms with Crippen molar-refractivity contribution in [2.75, 3.05) is 5.43 Å². The molecule has 1 N–H and O–H groups in total. The Balaban J connectivity index is 1.54. The van der Waals surface area contributed by atoms with Crippen molar-refractivity contribution in [1.29, 1.82) is 0 Å². The van der Waals surface area contributed by atoms with Gasteiger partial charge < -0.3 is 4.42 Å². The normalized spacial score (nSPS) is 11.5. The van der Waals surface area contributed by atoms with Gasteiger partial charge in [0.2, 0.25) is 0 Å². The Bertz CT molecular complexity index is 1380. The standard InChI is InChI=1S/C24H15Cl3N4O/c25-17-11-19(26)24(20(27)12-17)29-28-13-16-14-31(18-7-2-1-3-8-18)30-23(16)22-10-15-6-4-5-9-21(15)32-22/h1-14,29H. The zero-order valence-electron chi connectivity index (χ0n) is 16.5. The smallest absolute Gasteiger partial charge is 0.156 e. The molecule has 0 bridgehead atoms. The van der Waals surface area contributed by atoms with Crippen LogP contribution >= 0.6 is 34.8 Å². The van der Waals surface area contributed by atoms with Crippen molar-refractivity contribution in [1.82, 2.24) is 9.78 Å². The molecule has 0 amide bonds. The van der Waals surface area contributed by atoms with Crippen LogP contribution < -0.4 is 5.43 Å². The third-order valence-corrected chi connectivity index (χ3v) is 5.62. The molecule has 0 fully saturated rings. The maximum atomic E-state index is 6.24. The van der Waals surface area contributed by atoms with E-state index in [4.69, 9.17) is 44.3 Å². The SMILES string of the molecule is Clc1cc(Cl)c(NN=Cc2cn(-c3ccccc3)nc2-c2cc3ccccc3o2)c(Cl)c1. The Kier molecular flexibility index (Phi) is 5.62. The lowest BCUT2D eigenvalue weighted by Gasteiger charge is -2.06. The Morgan fingerprint density at radius 2 is 1.62 bits per heavy atom. The number of nitrogens with one attached hydrogen (secondary N) is 1. The second-order valence-electron chi connectivity index (χ2n) is 6.98. The van der Waals surface area contributed by atoms with Crippen LogP contribution in [0.5, 0.6) is 0 Å². The average molecular weight is 482 g/mol. The Labute approximate surface area is 198 Å². The van der Waals surface area contributed by atoms with Crippen LogP contribution in [0.1, 0.15) is 5.56 Å². The quantitative estimate of drug-likeness (QED) is 0.207. The minimum atomic E-state index is 0.372.